The smallest absolute Gasteiger partial charge is 0.0885 e. The summed E-state index contributed by atoms with van der Waals surface area (Å²) in [5.74, 6) is 2.71. The fourth-order valence-corrected chi connectivity index (χ4v) is 1.29. The maximum atomic E-state index is 4.21. The number of likely N-dealkylation sites (tertiary alicyclic amines) is 1. The molecular formula is C8H9N3. The first-order valence-electron chi connectivity index (χ1n) is 3.58. The van der Waals surface area contributed by atoms with E-state index < -0.39 is 0 Å². The molecule has 0 aliphatic carbocycles. The number of hydrogen-bond donors (Lipinski definition) is 0. The Morgan fingerprint density at radius 2 is 2.45 bits per heavy atom. The Bertz CT molecular complexity index is 266. The number of nitrogens with zero attached hydrogens (tertiary/aromatic N) is 3. The van der Waals surface area contributed by atoms with Crippen molar-refractivity contribution in [3.8, 4) is 0 Å². The third-order valence-electron chi connectivity index (χ3n) is 1.80. The van der Waals surface area contributed by atoms with Crippen LogP contribution >= 0.6 is 0 Å². The van der Waals surface area contributed by atoms with E-state index in [4.69, 9.17) is 0 Å². The lowest BCUT2D eigenvalue weighted by atomic mass is 10.2. The molecule has 0 amide bonds. The van der Waals surface area contributed by atoms with Crippen molar-refractivity contribution >= 4 is 11.6 Å². The first-order chi connectivity index (χ1) is 5.36. The summed E-state index contributed by atoms with van der Waals surface area (Å²) in [6, 6.07) is 0. The van der Waals surface area contributed by atoms with Crippen LogP contribution in [0.4, 0.5) is 0 Å². The molecule has 0 radical (unpaired) electrons. The van der Waals surface area contributed by atoms with Gasteiger partial charge in [0.05, 0.1) is 11.9 Å². The van der Waals surface area contributed by atoms with Crippen molar-refractivity contribution in [1.29, 1.82) is 0 Å². The van der Waals surface area contributed by atoms with Crippen LogP contribution < -0.4 is 0 Å². The van der Waals surface area contributed by atoms with Crippen molar-refractivity contribution in [2.24, 2.45) is 9.98 Å². The van der Waals surface area contributed by atoms with Crippen LogP contribution in [0.25, 0.3) is 0 Å². The number of aliphatic imine (C=N–C) groups is 2. The van der Waals surface area contributed by atoms with Crippen LogP contribution in [0, 0.1) is 0 Å². The molecule has 0 aromatic heterocycles. The van der Waals surface area contributed by atoms with Crippen LogP contribution in [0.2, 0.25) is 0 Å². The summed E-state index contributed by atoms with van der Waals surface area (Å²) in [7, 11) is 2.07. The minimum atomic E-state index is 0.930. The summed E-state index contributed by atoms with van der Waals surface area (Å²) in [4.78, 5) is 10.4. The summed E-state index contributed by atoms with van der Waals surface area (Å²) in [5.41, 5.74) is 2.34. The Morgan fingerprint density at radius 1 is 1.55 bits per heavy atom. The maximum absolute atomic E-state index is 4.21. The lowest BCUT2D eigenvalue weighted by Crippen LogP contribution is -2.13. The molecule has 0 unspecified atom stereocenters. The molecule has 0 atom stereocenters. The zero-order chi connectivity index (χ0) is 7.68. The number of rotatable bonds is 0. The minimum Gasteiger partial charge on any atom is -0.296 e. The highest BCUT2D eigenvalue weighted by molar-refractivity contribution is 6.05. The quantitative estimate of drug-likeness (QED) is 0.489. The van der Waals surface area contributed by atoms with E-state index in [9.17, 15) is 0 Å². The van der Waals surface area contributed by atoms with Gasteiger partial charge in [0.25, 0.3) is 0 Å². The molecule has 1 fully saturated rings. The largest absolute Gasteiger partial charge is 0.296 e. The lowest BCUT2D eigenvalue weighted by molar-refractivity contribution is 0.445. The number of likely N-dealkylation sites (N-methyl/N-ethyl adjacent to an activating group) is 1. The second kappa shape index (κ2) is 2.46. The molecule has 11 heavy (non-hydrogen) atoms. The SMILES string of the molecule is CN1CC2=CN=C=CN=C2C1. The topological polar surface area (TPSA) is 28.0 Å². The van der Waals surface area contributed by atoms with E-state index in [1.54, 1.807) is 6.20 Å². The molecule has 0 bridgehead atoms. The van der Waals surface area contributed by atoms with Crippen LogP contribution in [-0.2, 0) is 0 Å². The molecule has 2 aliphatic heterocycles. The normalized spacial score (nSPS) is 22.6. The zero-order valence-electron chi connectivity index (χ0n) is 6.41. The van der Waals surface area contributed by atoms with Gasteiger partial charge in [-0.15, -0.1) is 0 Å². The first-order valence-corrected chi connectivity index (χ1v) is 3.58. The van der Waals surface area contributed by atoms with Gasteiger partial charge < -0.3 is 0 Å². The Labute approximate surface area is 65.5 Å². The second-order valence-electron chi connectivity index (χ2n) is 2.79. The summed E-state index contributed by atoms with van der Waals surface area (Å²) in [6.07, 6.45) is 3.46. The van der Waals surface area contributed by atoms with E-state index in [0.717, 1.165) is 18.8 Å². The molecule has 1 saturated heterocycles. The zero-order valence-corrected chi connectivity index (χ0v) is 6.41. The highest BCUT2D eigenvalue weighted by atomic mass is 15.1. The van der Waals surface area contributed by atoms with E-state index in [-0.39, 0.29) is 0 Å². The van der Waals surface area contributed by atoms with Gasteiger partial charge in [-0.2, -0.15) is 0 Å². The highest BCUT2D eigenvalue weighted by Crippen LogP contribution is 2.12. The molecule has 0 aromatic carbocycles. The molecule has 2 heterocycles. The third kappa shape index (κ3) is 1.16. The van der Waals surface area contributed by atoms with Gasteiger partial charge in [0.15, 0.2) is 0 Å². The Balaban J connectivity index is 2.37. The van der Waals surface area contributed by atoms with Crippen LogP contribution in [-0.4, -0.2) is 36.6 Å². The fraction of sp³-hybridized carbons (Fsp3) is 0.375. The van der Waals surface area contributed by atoms with Crippen LogP contribution in [0.1, 0.15) is 0 Å². The molecule has 56 valence electrons. The lowest BCUT2D eigenvalue weighted by Gasteiger charge is -2.00. The van der Waals surface area contributed by atoms with Crippen molar-refractivity contribution in [1.82, 2.24) is 4.90 Å². The first kappa shape index (κ1) is 6.53. The van der Waals surface area contributed by atoms with Gasteiger partial charge in [0.1, 0.15) is 0 Å². The predicted octanol–water partition coefficient (Wildman–Crippen LogP) is 0.454. The number of hydrogen-bond acceptors (Lipinski definition) is 3. The molecule has 2 aliphatic rings. The molecular weight excluding hydrogens is 138 g/mol. The second-order valence-corrected chi connectivity index (χ2v) is 2.79. The van der Waals surface area contributed by atoms with Gasteiger partial charge in [-0.05, 0) is 7.05 Å². The Morgan fingerprint density at radius 3 is 3.36 bits per heavy atom. The minimum absolute atomic E-state index is 0.930. The number of fused-ring (bicyclic) bond motifs is 1. The Kier molecular flexibility index (Phi) is 1.46. The maximum Gasteiger partial charge on any atom is 0.0885 e. The van der Waals surface area contributed by atoms with E-state index >= 15 is 0 Å². The highest BCUT2D eigenvalue weighted by Gasteiger charge is 2.19. The molecule has 0 aromatic rings. The van der Waals surface area contributed by atoms with Gasteiger partial charge in [-0.1, -0.05) is 0 Å². The van der Waals surface area contributed by atoms with Gasteiger partial charge in [0.2, 0.25) is 0 Å². The van der Waals surface area contributed by atoms with Gasteiger partial charge >= 0.3 is 0 Å². The van der Waals surface area contributed by atoms with Gasteiger partial charge in [-0.25, -0.2) is 9.98 Å². The fourth-order valence-electron chi connectivity index (χ4n) is 1.29. The van der Waals surface area contributed by atoms with Crippen LogP contribution in [0.3, 0.4) is 0 Å². The summed E-state index contributed by atoms with van der Waals surface area (Å²) in [5, 5.41) is 0. The summed E-state index contributed by atoms with van der Waals surface area (Å²) < 4.78 is 0. The van der Waals surface area contributed by atoms with Gasteiger partial charge in [-0.3, -0.25) is 4.90 Å². The van der Waals surface area contributed by atoms with Gasteiger partial charge in [0, 0.05) is 30.7 Å². The summed E-state index contributed by atoms with van der Waals surface area (Å²) >= 11 is 0. The van der Waals surface area contributed by atoms with E-state index in [1.807, 2.05) is 6.20 Å². The van der Waals surface area contributed by atoms with Crippen LogP contribution in [0.5, 0.6) is 0 Å². The molecule has 0 spiro atoms. The van der Waals surface area contributed by atoms with E-state index in [1.165, 1.54) is 5.57 Å². The average molecular weight is 147 g/mol. The predicted molar refractivity (Wildman–Crippen MR) is 45.0 cm³/mol. The molecule has 3 nitrogen and oxygen atoms in total. The third-order valence-corrected chi connectivity index (χ3v) is 1.80. The standard InChI is InChI=1S/C8H9N3/c1-11-5-7-4-9-2-3-10-8(7)6-11/h3-4H,5-6H2,1H3. The van der Waals surface area contributed by atoms with Crippen molar-refractivity contribution in [3.05, 3.63) is 18.0 Å². The van der Waals surface area contributed by atoms with E-state index in [2.05, 4.69) is 27.8 Å². The van der Waals surface area contributed by atoms with Crippen molar-refractivity contribution < 1.29 is 0 Å². The van der Waals surface area contributed by atoms with Crippen LogP contribution in [0.15, 0.2) is 28.0 Å². The molecule has 0 N–H and O–H groups in total. The van der Waals surface area contributed by atoms with Crippen molar-refractivity contribution in [2.75, 3.05) is 20.1 Å². The molecule has 2 rings (SSSR count). The Hall–Kier alpha value is -1.18. The monoisotopic (exact) mass is 147 g/mol. The van der Waals surface area contributed by atoms with E-state index in [0.29, 0.717) is 0 Å². The van der Waals surface area contributed by atoms with Crippen molar-refractivity contribution in [3.63, 3.8) is 0 Å². The average Bonchev–Trinajstić information content (AvgIpc) is 2.17. The molecule has 3 heteroatoms. The van der Waals surface area contributed by atoms with Crippen molar-refractivity contribution in [2.45, 2.75) is 0 Å². The molecule has 0 saturated carbocycles. The summed E-state index contributed by atoms with van der Waals surface area (Å²) in [6.45, 7) is 1.89.